The normalized spacial score (nSPS) is 19.4. The molecule has 2 fully saturated rings. The number of benzene rings is 1. The van der Waals surface area contributed by atoms with Crippen molar-refractivity contribution in [2.75, 3.05) is 32.1 Å². The van der Waals surface area contributed by atoms with E-state index in [0.29, 0.717) is 0 Å². The van der Waals surface area contributed by atoms with Crippen LogP contribution in [0.25, 0.3) is 0 Å². The molecule has 6 heteroatoms. The molecule has 1 amide bonds. The first-order valence-corrected chi connectivity index (χ1v) is 9.44. The summed E-state index contributed by atoms with van der Waals surface area (Å²) in [4.78, 5) is 16.2. The highest BCUT2D eigenvalue weighted by Crippen LogP contribution is 2.52. The molecule has 0 unspecified atom stereocenters. The molecule has 1 aliphatic heterocycles. The van der Waals surface area contributed by atoms with E-state index in [-0.39, 0.29) is 17.2 Å². The molecule has 1 aromatic heterocycles. The molecule has 138 valence electrons. The molecule has 0 radical (unpaired) electrons. The first-order chi connectivity index (χ1) is 12.5. The van der Waals surface area contributed by atoms with Gasteiger partial charge >= 0.3 is 0 Å². The molecule has 6 nitrogen and oxygen atoms in total. The summed E-state index contributed by atoms with van der Waals surface area (Å²) in [6.07, 6.45) is 4.01. The van der Waals surface area contributed by atoms with E-state index in [1.165, 1.54) is 5.56 Å². The van der Waals surface area contributed by atoms with Gasteiger partial charge in [-0.25, -0.2) is 0 Å². The first-order valence-electron chi connectivity index (χ1n) is 9.44. The Labute approximate surface area is 154 Å². The van der Waals surface area contributed by atoms with Crippen LogP contribution in [0.4, 0.5) is 5.95 Å². The lowest BCUT2D eigenvalue weighted by Crippen LogP contribution is -2.41. The third-order valence-electron chi connectivity index (χ3n) is 5.92. The maximum Gasteiger partial charge on any atom is 0.226 e. The van der Waals surface area contributed by atoms with Crippen molar-refractivity contribution in [1.29, 1.82) is 0 Å². The van der Waals surface area contributed by atoms with E-state index in [1.54, 1.807) is 4.90 Å². The highest BCUT2D eigenvalue weighted by molar-refractivity contribution is 5.78. The second-order valence-corrected chi connectivity index (χ2v) is 7.82. The van der Waals surface area contributed by atoms with E-state index >= 15 is 0 Å². The van der Waals surface area contributed by atoms with Crippen LogP contribution in [-0.2, 0) is 17.3 Å². The summed E-state index contributed by atoms with van der Waals surface area (Å²) >= 11 is 0. The van der Waals surface area contributed by atoms with Crippen molar-refractivity contribution < 1.29 is 4.79 Å². The molecule has 1 saturated carbocycles. The zero-order valence-electron chi connectivity index (χ0n) is 15.9. The molecular weight excluding hydrogens is 326 g/mol. The van der Waals surface area contributed by atoms with Gasteiger partial charge in [-0.1, -0.05) is 30.3 Å². The van der Waals surface area contributed by atoms with Gasteiger partial charge in [-0.3, -0.25) is 9.36 Å². The van der Waals surface area contributed by atoms with Crippen LogP contribution in [0, 0.1) is 5.92 Å². The number of hydrogen-bond donors (Lipinski definition) is 0. The zero-order chi connectivity index (χ0) is 18.3. The summed E-state index contributed by atoms with van der Waals surface area (Å²) < 4.78 is 2.16. The number of rotatable bonds is 4. The van der Waals surface area contributed by atoms with Gasteiger partial charge in [-0.2, -0.15) is 0 Å². The summed E-state index contributed by atoms with van der Waals surface area (Å²) in [5, 5.41) is 9.10. The van der Waals surface area contributed by atoms with Crippen LogP contribution >= 0.6 is 0 Å². The Balaban J connectivity index is 1.52. The molecule has 0 N–H and O–H groups in total. The van der Waals surface area contributed by atoms with E-state index in [9.17, 15) is 4.79 Å². The Kier molecular flexibility index (Phi) is 4.21. The minimum absolute atomic E-state index is 0.0282. The van der Waals surface area contributed by atoms with Crippen molar-refractivity contribution in [2.45, 2.75) is 31.1 Å². The highest BCUT2D eigenvalue weighted by Gasteiger charge is 2.50. The fourth-order valence-electron chi connectivity index (χ4n) is 4.23. The lowest BCUT2D eigenvalue weighted by Gasteiger charge is -2.32. The van der Waals surface area contributed by atoms with Crippen LogP contribution in [0.1, 0.15) is 37.1 Å². The lowest BCUT2D eigenvalue weighted by molar-refractivity contribution is -0.133. The molecule has 1 saturated heterocycles. The Morgan fingerprint density at radius 3 is 2.35 bits per heavy atom. The average Bonchev–Trinajstić information content (AvgIpc) is 3.38. The van der Waals surface area contributed by atoms with Crippen molar-refractivity contribution in [3.63, 3.8) is 0 Å². The number of anilines is 1. The van der Waals surface area contributed by atoms with Crippen LogP contribution in [0.2, 0.25) is 0 Å². The van der Waals surface area contributed by atoms with Crippen LogP contribution in [0.5, 0.6) is 0 Å². The molecule has 0 bridgehead atoms. The van der Waals surface area contributed by atoms with E-state index in [2.05, 4.69) is 57.0 Å². The third-order valence-corrected chi connectivity index (χ3v) is 5.92. The molecule has 2 aliphatic rings. The standard InChI is InChI=1S/C20H27N5O/c1-23(2)17(26)15-9-13-25(14-10-15)19-22-21-18(24(19)3)20(11-12-20)16-7-5-4-6-8-16/h4-8,15H,9-14H2,1-3H3. The van der Waals surface area contributed by atoms with Gasteiger partial charge in [-0.15, -0.1) is 10.2 Å². The molecule has 2 aromatic rings. The van der Waals surface area contributed by atoms with Gasteiger partial charge in [-0.05, 0) is 31.2 Å². The predicted octanol–water partition coefficient (Wildman–Crippen LogP) is 2.20. The van der Waals surface area contributed by atoms with Crippen molar-refractivity contribution in [2.24, 2.45) is 13.0 Å². The molecule has 2 heterocycles. The van der Waals surface area contributed by atoms with Gasteiger partial charge in [0, 0.05) is 40.2 Å². The summed E-state index contributed by atoms with van der Waals surface area (Å²) in [5.74, 6) is 2.36. The van der Waals surface area contributed by atoms with Crippen LogP contribution in [0.3, 0.4) is 0 Å². The van der Waals surface area contributed by atoms with Crippen molar-refractivity contribution in [1.82, 2.24) is 19.7 Å². The van der Waals surface area contributed by atoms with E-state index in [1.807, 2.05) is 14.1 Å². The molecule has 0 spiro atoms. The third kappa shape index (κ3) is 2.77. The molecular formula is C20H27N5O. The molecule has 1 aliphatic carbocycles. The molecule has 26 heavy (non-hydrogen) atoms. The van der Waals surface area contributed by atoms with E-state index < -0.39 is 0 Å². The maximum absolute atomic E-state index is 12.2. The fourth-order valence-corrected chi connectivity index (χ4v) is 4.23. The summed E-state index contributed by atoms with van der Waals surface area (Å²) in [6.45, 7) is 1.71. The Hall–Kier alpha value is -2.37. The molecule has 1 aromatic carbocycles. The largest absolute Gasteiger partial charge is 0.349 e. The van der Waals surface area contributed by atoms with Gasteiger partial charge in [0.15, 0.2) is 0 Å². The number of hydrogen-bond acceptors (Lipinski definition) is 4. The minimum atomic E-state index is 0.0282. The number of nitrogens with zero attached hydrogens (tertiary/aromatic N) is 5. The van der Waals surface area contributed by atoms with Gasteiger partial charge < -0.3 is 9.80 Å². The SMILES string of the molecule is CN(C)C(=O)C1CCN(c2nnc(C3(c4ccccc4)CC3)n2C)CC1. The van der Waals surface area contributed by atoms with Crippen LogP contribution in [0.15, 0.2) is 30.3 Å². The van der Waals surface area contributed by atoms with E-state index in [4.69, 9.17) is 0 Å². The summed E-state index contributed by atoms with van der Waals surface area (Å²) in [7, 11) is 5.75. The van der Waals surface area contributed by atoms with Crippen molar-refractivity contribution in [3.05, 3.63) is 41.7 Å². The Morgan fingerprint density at radius 1 is 1.12 bits per heavy atom. The second-order valence-electron chi connectivity index (χ2n) is 7.82. The number of carbonyl (C=O) groups excluding carboxylic acids is 1. The van der Waals surface area contributed by atoms with Crippen molar-refractivity contribution >= 4 is 11.9 Å². The van der Waals surface area contributed by atoms with Crippen molar-refractivity contribution in [3.8, 4) is 0 Å². The Bertz CT molecular complexity index is 786. The number of amides is 1. The summed E-state index contributed by atoms with van der Waals surface area (Å²) in [5.41, 5.74) is 1.36. The monoisotopic (exact) mass is 353 g/mol. The summed E-state index contributed by atoms with van der Waals surface area (Å²) in [6, 6.07) is 10.6. The minimum Gasteiger partial charge on any atom is -0.349 e. The smallest absolute Gasteiger partial charge is 0.226 e. The average molecular weight is 353 g/mol. The molecule has 0 atom stereocenters. The highest BCUT2D eigenvalue weighted by atomic mass is 16.2. The lowest BCUT2D eigenvalue weighted by atomic mass is 9.95. The van der Waals surface area contributed by atoms with Crippen LogP contribution < -0.4 is 4.90 Å². The maximum atomic E-state index is 12.2. The van der Waals surface area contributed by atoms with Gasteiger partial charge in [0.05, 0.1) is 5.41 Å². The van der Waals surface area contributed by atoms with Gasteiger partial charge in [0.1, 0.15) is 5.82 Å². The van der Waals surface area contributed by atoms with E-state index in [0.717, 1.165) is 50.5 Å². The van der Waals surface area contributed by atoms with Gasteiger partial charge in [0.25, 0.3) is 0 Å². The zero-order valence-corrected chi connectivity index (χ0v) is 15.9. The predicted molar refractivity (Wildman–Crippen MR) is 101 cm³/mol. The quantitative estimate of drug-likeness (QED) is 0.846. The first kappa shape index (κ1) is 17.1. The number of aromatic nitrogens is 3. The topological polar surface area (TPSA) is 54.3 Å². The number of carbonyl (C=O) groups is 1. The van der Waals surface area contributed by atoms with Gasteiger partial charge in [0.2, 0.25) is 11.9 Å². The molecule has 4 rings (SSSR count). The fraction of sp³-hybridized carbons (Fsp3) is 0.550. The van der Waals surface area contributed by atoms with Crippen LogP contribution in [-0.4, -0.2) is 52.8 Å². The Morgan fingerprint density at radius 2 is 1.77 bits per heavy atom. The number of piperidine rings is 1. The second kappa shape index (κ2) is 6.41.